The summed E-state index contributed by atoms with van der Waals surface area (Å²) in [4.78, 5) is 14.4. The number of aryl methyl sites for hydroxylation is 2. The Morgan fingerprint density at radius 2 is 2.00 bits per heavy atom. The van der Waals surface area contributed by atoms with Crippen LogP contribution in [0.25, 0.3) is 0 Å². The lowest BCUT2D eigenvalue weighted by Gasteiger charge is -2.41. The zero-order valence-corrected chi connectivity index (χ0v) is 13.8. The second kappa shape index (κ2) is 6.14. The fourth-order valence-electron chi connectivity index (χ4n) is 3.27. The smallest absolute Gasteiger partial charge is 0.223 e. The fourth-order valence-corrected chi connectivity index (χ4v) is 3.27. The predicted octanol–water partition coefficient (Wildman–Crippen LogP) is 3.08. The Balaban J connectivity index is 1.63. The summed E-state index contributed by atoms with van der Waals surface area (Å²) in [7, 11) is 1.92. The molecule has 0 bridgehead atoms. The normalized spacial score (nSPS) is 17.2. The van der Waals surface area contributed by atoms with E-state index in [0.29, 0.717) is 6.42 Å². The van der Waals surface area contributed by atoms with Crippen LogP contribution in [0.2, 0.25) is 0 Å². The van der Waals surface area contributed by atoms with Crippen LogP contribution < -0.4 is 0 Å². The number of hydrogen-bond donors (Lipinski definition) is 0. The van der Waals surface area contributed by atoms with Gasteiger partial charge in [0.15, 0.2) is 0 Å². The highest BCUT2D eigenvalue weighted by Crippen LogP contribution is 2.34. The van der Waals surface area contributed by atoms with E-state index < -0.39 is 0 Å². The van der Waals surface area contributed by atoms with Gasteiger partial charge in [0.05, 0.1) is 11.7 Å². The summed E-state index contributed by atoms with van der Waals surface area (Å²) in [5, 5.41) is 4.39. The maximum atomic E-state index is 13.0. The number of nitrogens with zero attached hydrogens (tertiary/aromatic N) is 3. The lowest BCUT2D eigenvalue weighted by molar-refractivity contribution is -0.139. The van der Waals surface area contributed by atoms with Crippen molar-refractivity contribution in [1.82, 2.24) is 14.7 Å². The van der Waals surface area contributed by atoms with Crippen molar-refractivity contribution in [3.63, 3.8) is 0 Å². The van der Waals surface area contributed by atoms with E-state index >= 15 is 0 Å². The second-order valence-corrected chi connectivity index (χ2v) is 6.22. The highest BCUT2D eigenvalue weighted by molar-refractivity contribution is 5.78. The van der Waals surface area contributed by atoms with Gasteiger partial charge >= 0.3 is 0 Å². The van der Waals surface area contributed by atoms with Gasteiger partial charge in [0, 0.05) is 25.7 Å². The van der Waals surface area contributed by atoms with Crippen molar-refractivity contribution in [3.05, 3.63) is 52.6 Å². The van der Waals surface area contributed by atoms with Crippen LogP contribution >= 0.6 is 0 Å². The Bertz CT molecular complexity index is 721. The van der Waals surface area contributed by atoms with Crippen LogP contribution in [0.3, 0.4) is 0 Å². The molecule has 1 saturated heterocycles. The molecule has 2 aromatic rings. The van der Waals surface area contributed by atoms with Gasteiger partial charge in [-0.25, -0.2) is 4.39 Å². The number of benzene rings is 1. The van der Waals surface area contributed by atoms with Crippen molar-refractivity contribution in [2.24, 2.45) is 7.05 Å². The third kappa shape index (κ3) is 3.00. The molecule has 1 aromatic heterocycles. The summed E-state index contributed by atoms with van der Waals surface area (Å²) in [5.41, 5.74) is 4.30. The maximum Gasteiger partial charge on any atom is 0.223 e. The maximum absolute atomic E-state index is 13.0. The zero-order valence-electron chi connectivity index (χ0n) is 13.8. The number of hydrogen-bond acceptors (Lipinski definition) is 2. The van der Waals surface area contributed by atoms with E-state index in [2.05, 4.69) is 5.10 Å². The first-order chi connectivity index (χ1) is 11.0. The number of halogens is 1. The van der Waals surface area contributed by atoms with Crippen LogP contribution in [-0.2, 0) is 18.3 Å². The number of amides is 1. The van der Waals surface area contributed by atoms with Gasteiger partial charge in [0.1, 0.15) is 5.82 Å². The van der Waals surface area contributed by atoms with Gasteiger partial charge in [-0.3, -0.25) is 9.48 Å². The molecule has 0 spiro atoms. The minimum Gasteiger partial charge on any atom is -0.335 e. The number of aromatic nitrogens is 2. The summed E-state index contributed by atoms with van der Waals surface area (Å²) in [6.07, 6.45) is 2.16. The molecular formula is C18H22FN3O. The quantitative estimate of drug-likeness (QED) is 0.869. The average Bonchev–Trinajstić information content (AvgIpc) is 2.71. The van der Waals surface area contributed by atoms with Crippen molar-refractivity contribution < 1.29 is 9.18 Å². The molecule has 0 radical (unpaired) electrons. The largest absolute Gasteiger partial charge is 0.335 e. The Morgan fingerprint density at radius 3 is 2.52 bits per heavy atom. The second-order valence-electron chi connectivity index (χ2n) is 6.22. The summed E-state index contributed by atoms with van der Waals surface area (Å²) in [5.74, 6) is -0.0818. The molecule has 1 amide bonds. The lowest BCUT2D eigenvalue weighted by atomic mass is 9.93. The minimum atomic E-state index is -0.242. The van der Waals surface area contributed by atoms with Crippen molar-refractivity contribution >= 4 is 5.91 Å². The van der Waals surface area contributed by atoms with E-state index in [1.807, 2.05) is 30.5 Å². The Hall–Kier alpha value is -2.17. The average molecular weight is 315 g/mol. The first-order valence-electron chi connectivity index (χ1n) is 8.01. The molecule has 3 rings (SSSR count). The third-order valence-corrected chi connectivity index (χ3v) is 4.84. The number of carbonyl (C=O) groups is 1. The van der Waals surface area contributed by atoms with Gasteiger partial charge in [0.25, 0.3) is 0 Å². The van der Waals surface area contributed by atoms with E-state index in [9.17, 15) is 9.18 Å². The van der Waals surface area contributed by atoms with E-state index in [4.69, 9.17) is 0 Å². The molecule has 1 aliphatic rings. The van der Waals surface area contributed by atoms with Gasteiger partial charge in [-0.1, -0.05) is 12.1 Å². The molecule has 0 N–H and O–H groups in total. The van der Waals surface area contributed by atoms with Gasteiger partial charge in [0.2, 0.25) is 5.91 Å². The SMILES string of the molecule is Cc1nn(C)c(C)c1CCC(=O)N1CCC1c1ccc(F)cc1. The molecule has 4 nitrogen and oxygen atoms in total. The number of likely N-dealkylation sites (tertiary alicyclic amines) is 1. The molecule has 1 aliphatic heterocycles. The molecule has 122 valence electrons. The zero-order chi connectivity index (χ0) is 16.6. The van der Waals surface area contributed by atoms with E-state index in [0.717, 1.165) is 36.3 Å². The standard InChI is InChI=1S/C18H22FN3O/c1-12-16(13(2)21(3)20-12)8-9-18(23)22-11-10-17(22)14-4-6-15(19)7-5-14/h4-7,17H,8-11H2,1-3H3. The van der Waals surface area contributed by atoms with Gasteiger partial charge in [-0.2, -0.15) is 5.10 Å². The van der Waals surface area contributed by atoms with Crippen molar-refractivity contribution in [2.45, 2.75) is 39.2 Å². The van der Waals surface area contributed by atoms with Crippen LogP contribution in [0.15, 0.2) is 24.3 Å². The van der Waals surface area contributed by atoms with E-state index in [1.54, 1.807) is 12.1 Å². The highest BCUT2D eigenvalue weighted by Gasteiger charge is 2.33. The molecule has 1 aromatic carbocycles. The Morgan fingerprint density at radius 1 is 1.30 bits per heavy atom. The van der Waals surface area contributed by atoms with Crippen molar-refractivity contribution in [3.8, 4) is 0 Å². The molecule has 0 aliphatic carbocycles. The van der Waals surface area contributed by atoms with Crippen LogP contribution in [0.5, 0.6) is 0 Å². The molecule has 2 heterocycles. The van der Waals surface area contributed by atoms with Crippen molar-refractivity contribution in [1.29, 1.82) is 0 Å². The van der Waals surface area contributed by atoms with Crippen LogP contribution in [-0.4, -0.2) is 27.1 Å². The topological polar surface area (TPSA) is 38.1 Å². The summed E-state index contributed by atoms with van der Waals surface area (Å²) >= 11 is 0. The molecule has 5 heteroatoms. The van der Waals surface area contributed by atoms with Crippen LogP contribution in [0.1, 0.15) is 41.4 Å². The number of rotatable bonds is 4. The molecule has 0 saturated carbocycles. The molecule has 23 heavy (non-hydrogen) atoms. The van der Waals surface area contributed by atoms with E-state index in [-0.39, 0.29) is 17.8 Å². The Labute approximate surface area is 135 Å². The molecule has 1 atom stereocenters. The number of carbonyl (C=O) groups excluding carboxylic acids is 1. The van der Waals surface area contributed by atoms with Crippen LogP contribution in [0.4, 0.5) is 4.39 Å². The third-order valence-electron chi connectivity index (χ3n) is 4.84. The molecular weight excluding hydrogens is 293 g/mol. The summed E-state index contributed by atoms with van der Waals surface area (Å²) < 4.78 is 14.9. The predicted molar refractivity (Wildman–Crippen MR) is 86.5 cm³/mol. The molecule has 1 unspecified atom stereocenters. The minimum absolute atomic E-state index is 0.0965. The summed E-state index contributed by atoms with van der Waals surface area (Å²) in [6, 6.07) is 6.56. The Kier molecular flexibility index (Phi) is 4.20. The first kappa shape index (κ1) is 15.7. The van der Waals surface area contributed by atoms with Gasteiger partial charge < -0.3 is 4.90 Å². The highest BCUT2D eigenvalue weighted by atomic mass is 19.1. The van der Waals surface area contributed by atoms with Crippen LogP contribution in [0, 0.1) is 19.7 Å². The van der Waals surface area contributed by atoms with E-state index in [1.165, 1.54) is 17.7 Å². The first-order valence-corrected chi connectivity index (χ1v) is 8.01. The summed E-state index contributed by atoms with van der Waals surface area (Å²) in [6.45, 7) is 4.80. The van der Waals surface area contributed by atoms with Gasteiger partial charge in [-0.15, -0.1) is 0 Å². The fraction of sp³-hybridized carbons (Fsp3) is 0.444. The molecule has 1 fully saturated rings. The monoisotopic (exact) mass is 315 g/mol. The van der Waals surface area contributed by atoms with Gasteiger partial charge in [-0.05, 0) is 49.9 Å². The van der Waals surface area contributed by atoms with Crippen molar-refractivity contribution in [2.75, 3.05) is 6.54 Å². The lowest BCUT2D eigenvalue weighted by Crippen LogP contribution is -2.45.